The zero-order chi connectivity index (χ0) is 17.5. The number of rotatable bonds is 5. The third-order valence-corrected chi connectivity index (χ3v) is 3.26. The van der Waals surface area contributed by atoms with Gasteiger partial charge in [-0.05, 0) is 37.3 Å². The van der Waals surface area contributed by atoms with E-state index in [1.165, 1.54) is 7.11 Å². The molecular weight excluding hydrogens is 342 g/mol. The quantitative estimate of drug-likeness (QED) is 0.548. The van der Waals surface area contributed by atoms with Crippen molar-refractivity contribution in [3.63, 3.8) is 0 Å². The Bertz CT molecular complexity index is 736. The molecule has 8 heteroatoms. The van der Waals surface area contributed by atoms with Crippen molar-refractivity contribution < 1.29 is 9.53 Å². The lowest BCUT2D eigenvalue weighted by Crippen LogP contribution is -2.25. The summed E-state index contributed by atoms with van der Waals surface area (Å²) < 4.78 is 5.18. The van der Waals surface area contributed by atoms with Crippen molar-refractivity contribution in [1.82, 2.24) is 5.32 Å². The Balaban J connectivity index is 0.00000312. The smallest absolute Gasteiger partial charge is 0.241 e. The predicted octanol–water partition coefficient (Wildman–Crippen LogP) is 2.06. The molecule has 7 nitrogen and oxygen atoms in total. The van der Waals surface area contributed by atoms with Crippen LogP contribution in [0.3, 0.4) is 0 Å². The molecule has 1 aromatic rings. The van der Waals surface area contributed by atoms with Crippen molar-refractivity contribution in [2.75, 3.05) is 31.7 Å². The van der Waals surface area contributed by atoms with Gasteiger partial charge in [-0.3, -0.25) is 9.79 Å². The van der Waals surface area contributed by atoms with Gasteiger partial charge in [0.2, 0.25) is 5.91 Å². The number of nitrogens with one attached hydrogen (secondary N) is 1. The van der Waals surface area contributed by atoms with E-state index in [1.807, 2.05) is 6.92 Å². The normalized spacial score (nSPS) is 12.4. The van der Waals surface area contributed by atoms with Gasteiger partial charge in [0, 0.05) is 12.6 Å². The molecular formula is C17H22ClN5O2. The molecule has 0 saturated carbocycles. The van der Waals surface area contributed by atoms with Gasteiger partial charge in [0.25, 0.3) is 0 Å². The van der Waals surface area contributed by atoms with Gasteiger partial charge in [0.1, 0.15) is 12.3 Å². The number of hydrogen-bond acceptors (Lipinski definition) is 6. The zero-order valence-corrected chi connectivity index (χ0v) is 15.0. The molecule has 1 aliphatic carbocycles. The van der Waals surface area contributed by atoms with Crippen LogP contribution < -0.4 is 21.5 Å². The highest BCUT2D eigenvalue weighted by Crippen LogP contribution is 2.33. The Morgan fingerprint density at radius 1 is 1.12 bits per heavy atom. The van der Waals surface area contributed by atoms with Crippen LogP contribution in [0.1, 0.15) is 6.92 Å². The molecule has 0 aliphatic heterocycles. The molecule has 0 spiro atoms. The van der Waals surface area contributed by atoms with E-state index in [9.17, 15) is 4.79 Å². The lowest BCUT2D eigenvalue weighted by Gasteiger charge is -2.09. The Labute approximate surface area is 153 Å². The minimum atomic E-state index is -0.104. The first kappa shape index (κ1) is 20.2. The Morgan fingerprint density at radius 3 is 2.36 bits per heavy atom. The van der Waals surface area contributed by atoms with Crippen LogP contribution in [-0.2, 0) is 4.79 Å². The van der Waals surface area contributed by atoms with E-state index in [4.69, 9.17) is 16.2 Å². The summed E-state index contributed by atoms with van der Waals surface area (Å²) in [6.07, 6.45) is 7.20. The van der Waals surface area contributed by atoms with Crippen LogP contribution in [0.5, 0.6) is 5.75 Å². The number of anilines is 2. The first-order chi connectivity index (χ1) is 11.5. The van der Waals surface area contributed by atoms with Gasteiger partial charge >= 0.3 is 0 Å². The number of nitrogens with zero attached hydrogens (tertiary/aromatic N) is 2. The molecule has 0 radical (unpaired) electrons. The summed E-state index contributed by atoms with van der Waals surface area (Å²) in [5.74, 6) is 0.421. The number of benzene rings is 1. The van der Waals surface area contributed by atoms with Gasteiger partial charge < -0.3 is 21.5 Å². The predicted molar refractivity (Wildman–Crippen MR) is 105 cm³/mol. The maximum atomic E-state index is 11.4. The Morgan fingerprint density at radius 2 is 1.76 bits per heavy atom. The van der Waals surface area contributed by atoms with Crippen LogP contribution in [0.4, 0.5) is 17.1 Å². The number of likely N-dealkylation sites (N-methyl/N-ethyl adjacent to an activating group) is 1. The van der Waals surface area contributed by atoms with Crippen LogP contribution >= 0.6 is 12.4 Å². The molecule has 1 aromatic carbocycles. The summed E-state index contributed by atoms with van der Waals surface area (Å²) >= 11 is 0. The fraction of sp³-hybridized carbons (Fsp3) is 0.235. The zero-order valence-electron chi connectivity index (χ0n) is 14.2. The van der Waals surface area contributed by atoms with Gasteiger partial charge in [-0.1, -0.05) is 0 Å². The van der Waals surface area contributed by atoms with Gasteiger partial charge in [-0.15, -0.1) is 12.4 Å². The van der Waals surface area contributed by atoms with Crippen LogP contribution in [0.15, 0.2) is 46.4 Å². The summed E-state index contributed by atoms with van der Waals surface area (Å²) in [7, 11) is 1.54. The maximum absolute atomic E-state index is 11.4. The van der Waals surface area contributed by atoms with Crippen LogP contribution in [0.25, 0.3) is 0 Å². The average Bonchev–Trinajstić information content (AvgIpc) is 2.57. The molecule has 0 fully saturated rings. The summed E-state index contributed by atoms with van der Waals surface area (Å²) in [5, 5.41) is 2.69. The SMILES string of the molecule is CCNC(=O)CN=C1C=CC(=Nc2cc(OC)c(N)cc2N)C=C1.Cl. The first-order valence-corrected chi connectivity index (χ1v) is 7.52. The van der Waals surface area contributed by atoms with Gasteiger partial charge in [-0.25, -0.2) is 4.99 Å². The fourth-order valence-corrected chi connectivity index (χ4v) is 2.06. The van der Waals surface area contributed by atoms with Crippen LogP contribution in [0, 0.1) is 0 Å². The average molecular weight is 364 g/mol. The van der Waals surface area contributed by atoms with E-state index in [-0.39, 0.29) is 24.9 Å². The molecule has 0 heterocycles. The number of nitrogen functional groups attached to an aromatic ring is 2. The number of nitrogens with two attached hydrogens (primary N) is 2. The molecule has 25 heavy (non-hydrogen) atoms. The number of methoxy groups -OCH3 is 1. The summed E-state index contributed by atoms with van der Waals surface area (Å²) in [6.45, 7) is 2.57. The number of amides is 1. The highest BCUT2D eigenvalue weighted by atomic mass is 35.5. The molecule has 0 saturated heterocycles. The highest BCUT2D eigenvalue weighted by molar-refractivity contribution is 6.19. The molecule has 0 atom stereocenters. The number of allylic oxidation sites excluding steroid dienone is 4. The van der Waals surface area contributed by atoms with Crippen molar-refractivity contribution >= 4 is 46.8 Å². The topological polar surface area (TPSA) is 115 Å². The second kappa shape index (κ2) is 9.48. The number of ether oxygens (including phenoxy) is 1. The second-order valence-electron chi connectivity index (χ2n) is 5.05. The third-order valence-electron chi connectivity index (χ3n) is 3.26. The molecule has 2 rings (SSSR count). The molecule has 134 valence electrons. The second-order valence-corrected chi connectivity index (χ2v) is 5.05. The molecule has 1 aliphatic rings. The molecule has 0 aromatic heterocycles. The van der Waals surface area contributed by atoms with Gasteiger partial charge in [0.15, 0.2) is 0 Å². The van der Waals surface area contributed by atoms with E-state index in [2.05, 4.69) is 15.3 Å². The summed E-state index contributed by atoms with van der Waals surface area (Å²) in [6, 6.07) is 3.31. The maximum Gasteiger partial charge on any atom is 0.241 e. The molecule has 1 amide bonds. The van der Waals surface area contributed by atoms with Gasteiger partial charge in [0.05, 0.1) is 35.6 Å². The number of halogens is 1. The van der Waals surface area contributed by atoms with E-state index < -0.39 is 0 Å². The van der Waals surface area contributed by atoms with Crippen molar-refractivity contribution in [2.45, 2.75) is 6.92 Å². The number of carbonyl (C=O) groups is 1. The van der Waals surface area contributed by atoms with E-state index in [0.717, 1.165) is 0 Å². The molecule has 5 N–H and O–H groups in total. The summed E-state index contributed by atoms with van der Waals surface area (Å²) in [4.78, 5) is 20.1. The first-order valence-electron chi connectivity index (χ1n) is 7.52. The number of aliphatic imine (C=N–C) groups is 2. The largest absolute Gasteiger partial charge is 0.495 e. The number of hydrogen-bond donors (Lipinski definition) is 3. The van der Waals surface area contributed by atoms with Crippen molar-refractivity contribution in [2.24, 2.45) is 9.98 Å². The fourth-order valence-electron chi connectivity index (χ4n) is 2.06. The van der Waals surface area contributed by atoms with Crippen LogP contribution in [-0.4, -0.2) is 37.5 Å². The Hall–Kier alpha value is -2.80. The molecule has 0 bridgehead atoms. The van der Waals surface area contributed by atoms with Crippen molar-refractivity contribution in [3.05, 3.63) is 36.4 Å². The third kappa shape index (κ3) is 5.65. The minimum absolute atomic E-state index is 0. The van der Waals surface area contributed by atoms with E-state index >= 15 is 0 Å². The lowest BCUT2D eigenvalue weighted by molar-refractivity contribution is -0.119. The Kier molecular flexibility index (Phi) is 7.68. The van der Waals surface area contributed by atoms with Crippen molar-refractivity contribution in [1.29, 1.82) is 0 Å². The van der Waals surface area contributed by atoms with E-state index in [1.54, 1.807) is 36.4 Å². The summed E-state index contributed by atoms with van der Waals surface area (Å²) in [5.41, 5.74) is 14.7. The standard InChI is InChI=1S/C17H21N5O2.ClH/c1-3-20-17(23)10-21-11-4-6-12(7-5-11)22-15-9-16(24-2)14(19)8-13(15)18;/h4-9H,3,10,18-19H2,1-2H3,(H,20,23);1H. The number of carbonyl (C=O) groups excluding carboxylic acids is 1. The van der Waals surface area contributed by atoms with Gasteiger partial charge in [-0.2, -0.15) is 0 Å². The molecule has 0 unspecified atom stereocenters. The van der Waals surface area contributed by atoms with Crippen LogP contribution in [0.2, 0.25) is 0 Å². The minimum Gasteiger partial charge on any atom is -0.495 e. The highest BCUT2D eigenvalue weighted by Gasteiger charge is 2.07. The lowest BCUT2D eigenvalue weighted by atomic mass is 10.1. The van der Waals surface area contributed by atoms with E-state index in [0.29, 0.717) is 40.8 Å². The van der Waals surface area contributed by atoms with Crippen molar-refractivity contribution in [3.8, 4) is 5.75 Å². The monoisotopic (exact) mass is 363 g/mol.